The van der Waals surface area contributed by atoms with Crippen LogP contribution < -0.4 is 24.8 Å². The summed E-state index contributed by atoms with van der Waals surface area (Å²) in [5.41, 5.74) is 0.798. The van der Waals surface area contributed by atoms with Crippen LogP contribution in [0.4, 0.5) is 17.3 Å². The van der Waals surface area contributed by atoms with E-state index in [1.54, 1.807) is 24.3 Å². The molecular weight excluding hydrogens is 360 g/mol. The van der Waals surface area contributed by atoms with Gasteiger partial charge in [0.25, 0.3) is 5.91 Å². The molecule has 1 amide bonds. The van der Waals surface area contributed by atoms with Crippen LogP contribution in [0.2, 0.25) is 0 Å². The molecule has 0 fully saturated rings. The lowest BCUT2D eigenvalue weighted by molar-refractivity contribution is -0.118. The summed E-state index contributed by atoms with van der Waals surface area (Å²) in [6, 6.07) is 18.0. The molecule has 2 heterocycles. The van der Waals surface area contributed by atoms with Gasteiger partial charge in [0.2, 0.25) is 0 Å². The van der Waals surface area contributed by atoms with E-state index in [2.05, 4.69) is 20.8 Å². The van der Waals surface area contributed by atoms with Crippen molar-refractivity contribution in [2.45, 2.75) is 0 Å². The van der Waals surface area contributed by atoms with Gasteiger partial charge in [-0.1, -0.05) is 18.2 Å². The molecule has 0 bridgehead atoms. The van der Waals surface area contributed by atoms with E-state index >= 15 is 0 Å². The zero-order chi connectivity index (χ0) is 19.2. The van der Waals surface area contributed by atoms with Crippen molar-refractivity contribution in [3.05, 3.63) is 60.7 Å². The molecule has 0 atom stereocenters. The van der Waals surface area contributed by atoms with Gasteiger partial charge in [0.15, 0.2) is 29.7 Å². The van der Waals surface area contributed by atoms with Crippen molar-refractivity contribution < 1.29 is 19.0 Å². The van der Waals surface area contributed by atoms with Crippen LogP contribution in [0.25, 0.3) is 0 Å². The average Bonchev–Trinajstić information content (AvgIpc) is 2.74. The minimum absolute atomic E-state index is 0.108. The molecule has 28 heavy (non-hydrogen) atoms. The Bertz CT molecular complexity index is 948. The van der Waals surface area contributed by atoms with Gasteiger partial charge < -0.3 is 24.8 Å². The molecule has 0 unspecified atom stereocenters. The smallest absolute Gasteiger partial charge is 0.263 e. The van der Waals surface area contributed by atoms with E-state index in [0.29, 0.717) is 36.3 Å². The summed E-state index contributed by atoms with van der Waals surface area (Å²) in [6.07, 6.45) is 0. The molecule has 2 aromatic carbocycles. The second-order valence-electron chi connectivity index (χ2n) is 5.94. The Hall–Kier alpha value is -3.81. The summed E-state index contributed by atoms with van der Waals surface area (Å²) >= 11 is 0. The quantitative estimate of drug-likeness (QED) is 0.681. The number of nitrogens with one attached hydrogen (secondary N) is 2. The molecule has 3 aromatic rings. The Labute approximate surface area is 161 Å². The molecule has 4 rings (SSSR count). The molecule has 0 saturated carbocycles. The highest BCUT2D eigenvalue weighted by atomic mass is 16.6. The first-order valence-corrected chi connectivity index (χ1v) is 8.74. The van der Waals surface area contributed by atoms with Gasteiger partial charge in [-0.3, -0.25) is 4.79 Å². The molecule has 0 aliphatic carbocycles. The number of carbonyl (C=O) groups is 1. The number of anilines is 3. The van der Waals surface area contributed by atoms with Crippen LogP contribution in [0, 0.1) is 0 Å². The van der Waals surface area contributed by atoms with Crippen molar-refractivity contribution in [2.24, 2.45) is 0 Å². The summed E-state index contributed by atoms with van der Waals surface area (Å²) in [4.78, 5) is 12.0. The predicted octanol–water partition coefficient (Wildman–Crippen LogP) is 3.01. The number of para-hydroxylation sites is 1. The van der Waals surface area contributed by atoms with Crippen LogP contribution in [-0.4, -0.2) is 35.9 Å². The maximum absolute atomic E-state index is 12.0. The van der Waals surface area contributed by atoms with E-state index in [1.165, 1.54) is 0 Å². The van der Waals surface area contributed by atoms with Crippen LogP contribution in [0.3, 0.4) is 0 Å². The second-order valence-corrected chi connectivity index (χ2v) is 5.94. The fraction of sp³-hybridized carbons (Fsp3) is 0.150. The lowest BCUT2D eigenvalue weighted by Gasteiger charge is -2.19. The van der Waals surface area contributed by atoms with Gasteiger partial charge in [-0.2, -0.15) is 0 Å². The van der Waals surface area contributed by atoms with Gasteiger partial charge in [0, 0.05) is 11.8 Å². The number of amides is 1. The number of aromatic nitrogens is 2. The van der Waals surface area contributed by atoms with Gasteiger partial charge in [-0.15, -0.1) is 10.2 Å². The van der Waals surface area contributed by atoms with Gasteiger partial charge in [0.1, 0.15) is 19.0 Å². The maximum atomic E-state index is 12.0. The Morgan fingerprint density at radius 1 is 0.929 bits per heavy atom. The van der Waals surface area contributed by atoms with Crippen molar-refractivity contribution in [1.82, 2.24) is 10.2 Å². The topological polar surface area (TPSA) is 94.6 Å². The number of benzene rings is 2. The highest BCUT2D eigenvalue weighted by Gasteiger charge is 2.12. The highest BCUT2D eigenvalue weighted by Crippen LogP contribution is 2.33. The van der Waals surface area contributed by atoms with E-state index in [4.69, 9.17) is 14.2 Å². The first kappa shape index (κ1) is 17.6. The zero-order valence-electron chi connectivity index (χ0n) is 14.9. The Kier molecular flexibility index (Phi) is 5.19. The minimum Gasteiger partial charge on any atom is -0.486 e. The SMILES string of the molecule is O=C(COc1ccccc1)Nc1ccc(Nc2ccc3c(c2)OCCO3)nn1. The Morgan fingerprint density at radius 2 is 1.68 bits per heavy atom. The molecule has 0 spiro atoms. The molecule has 142 valence electrons. The van der Waals surface area contributed by atoms with E-state index in [9.17, 15) is 4.79 Å². The first-order valence-electron chi connectivity index (χ1n) is 8.74. The minimum atomic E-state index is -0.314. The van der Waals surface area contributed by atoms with Crippen molar-refractivity contribution in [2.75, 3.05) is 30.5 Å². The van der Waals surface area contributed by atoms with Gasteiger partial charge in [0.05, 0.1) is 0 Å². The van der Waals surface area contributed by atoms with E-state index in [-0.39, 0.29) is 12.5 Å². The van der Waals surface area contributed by atoms with E-state index < -0.39 is 0 Å². The zero-order valence-corrected chi connectivity index (χ0v) is 14.9. The van der Waals surface area contributed by atoms with Gasteiger partial charge >= 0.3 is 0 Å². The fourth-order valence-electron chi connectivity index (χ4n) is 2.58. The molecule has 1 aliphatic heterocycles. The summed E-state index contributed by atoms with van der Waals surface area (Å²) in [5, 5.41) is 13.8. The molecule has 0 saturated heterocycles. The number of nitrogens with zero attached hydrogens (tertiary/aromatic N) is 2. The largest absolute Gasteiger partial charge is 0.486 e. The summed E-state index contributed by atoms with van der Waals surface area (Å²) in [6.45, 7) is 0.969. The van der Waals surface area contributed by atoms with Crippen molar-refractivity contribution in [1.29, 1.82) is 0 Å². The third-order valence-corrected chi connectivity index (χ3v) is 3.86. The highest BCUT2D eigenvalue weighted by molar-refractivity contribution is 5.90. The molecule has 0 radical (unpaired) electrons. The van der Waals surface area contributed by atoms with E-state index in [1.807, 2.05) is 36.4 Å². The number of hydrogen-bond acceptors (Lipinski definition) is 7. The van der Waals surface area contributed by atoms with Crippen LogP contribution in [0.1, 0.15) is 0 Å². The molecule has 1 aromatic heterocycles. The monoisotopic (exact) mass is 378 g/mol. The van der Waals surface area contributed by atoms with Crippen molar-refractivity contribution in [3.63, 3.8) is 0 Å². The van der Waals surface area contributed by atoms with Crippen molar-refractivity contribution in [3.8, 4) is 17.2 Å². The molecular formula is C20H18N4O4. The fourth-order valence-corrected chi connectivity index (χ4v) is 2.58. The Balaban J connectivity index is 1.31. The summed E-state index contributed by atoms with van der Waals surface area (Å²) < 4.78 is 16.5. The lowest BCUT2D eigenvalue weighted by Crippen LogP contribution is -2.21. The molecule has 2 N–H and O–H groups in total. The normalized spacial score (nSPS) is 12.1. The van der Waals surface area contributed by atoms with Crippen LogP contribution >= 0.6 is 0 Å². The number of rotatable bonds is 6. The number of hydrogen-bond donors (Lipinski definition) is 2. The first-order chi connectivity index (χ1) is 13.8. The van der Waals surface area contributed by atoms with Gasteiger partial charge in [-0.25, -0.2) is 0 Å². The number of ether oxygens (including phenoxy) is 3. The van der Waals surface area contributed by atoms with E-state index in [0.717, 1.165) is 11.4 Å². The maximum Gasteiger partial charge on any atom is 0.263 e. The standard InChI is InChI=1S/C20H18N4O4/c25-20(13-28-15-4-2-1-3-5-15)22-19-9-8-18(23-24-19)21-14-6-7-16-17(12-14)27-11-10-26-16/h1-9,12H,10-11,13H2,(H,21,23)(H,22,24,25). The molecule has 1 aliphatic rings. The molecule has 8 heteroatoms. The predicted molar refractivity (Wildman–Crippen MR) is 103 cm³/mol. The summed E-state index contributed by atoms with van der Waals surface area (Å²) in [7, 11) is 0. The third kappa shape index (κ3) is 4.47. The van der Waals surface area contributed by atoms with Crippen LogP contribution in [0.5, 0.6) is 17.2 Å². The van der Waals surface area contributed by atoms with Crippen molar-refractivity contribution >= 4 is 23.2 Å². The van der Waals surface area contributed by atoms with Gasteiger partial charge in [-0.05, 0) is 36.4 Å². The average molecular weight is 378 g/mol. The summed E-state index contributed by atoms with van der Waals surface area (Å²) in [5.74, 6) is 2.60. The molecule has 8 nitrogen and oxygen atoms in total. The van der Waals surface area contributed by atoms with Crippen LogP contribution in [-0.2, 0) is 4.79 Å². The Morgan fingerprint density at radius 3 is 2.46 bits per heavy atom. The second kappa shape index (κ2) is 8.26. The number of fused-ring (bicyclic) bond motifs is 1. The number of carbonyl (C=O) groups excluding carboxylic acids is 1. The lowest BCUT2D eigenvalue weighted by atomic mass is 10.2. The van der Waals surface area contributed by atoms with Crippen LogP contribution in [0.15, 0.2) is 60.7 Å². The third-order valence-electron chi connectivity index (χ3n) is 3.86.